The molecule has 1 aliphatic carbocycles. The molecule has 1 unspecified atom stereocenters. The van der Waals surface area contributed by atoms with E-state index >= 15 is 0 Å². The second kappa shape index (κ2) is 4.58. The van der Waals surface area contributed by atoms with E-state index in [1.807, 2.05) is 0 Å². The largest absolute Gasteiger partial charge is 0.387 e. The molecule has 1 atom stereocenters. The number of hydrogen-bond acceptors (Lipinski definition) is 4. The maximum absolute atomic E-state index is 10.0. The zero-order valence-corrected chi connectivity index (χ0v) is 10.1. The van der Waals surface area contributed by atoms with Gasteiger partial charge < -0.3 is 5.11 Å². The Kier molecular flexibility index (Phi) is 3.36. The third-order valence-electron chi connectivity index (χ3n) is 2.93. The maximum atomic E-state index is 10.0. The molecule has 84 valence electrons. The van der Waals surface area contributed by atoms with Crippen molar-refractivity contribution in [3.05, 3.63) is 10.6 Å². The van der Waals surface area contributed by atoms with E-state index in [9.17, 15) is 5.11 Å². The second-order valence-electron chi connectivity index (χ2n) is 4.71. The van der Waals surface area contributed by atoms with E-state index in [1.165, 1.54) is 24.4 Å². The van der Waals surface area contributed by atoms with Gasteiger partial charge in [-0.2, -0.15) is 0 Å². The Balaban J connectivity index is 1.96. The van der Waals surface area contributed by atoms with E-state index in [1.54, 1.807) is 0 Å². The van der Waals surface area contributed by atoms with Gasteiger partial charge in [0.1, 0.15) is 0 Å². The molecule has 0 radical (unpaired) electrons. The third kappa shape index (κ3) is 2.75. The summed E-state index contributed by atoms with van der Waals surface area (Å²) in [6.45, 7) is 4.18. The lowest BCUT2D eigenvalue weighted by atomic mass is 10.0. The van der Waals surface area contributed by atoms with E-state index in [0.717, 1.165) is 29.3 Å². The van der Waals surface area contributed by atoms with Crippen LogP contribution in [0.2, 0.25) is 0 Å². The summed E-state index contributed by atoms with van der Waals surface area (Å²) < 4.78 is 3.94. The highest BCUT2D eigenvalue weighted by atomic mass is 32.1. The van der Waals surface area contributed by atoms with Crippen LogP contribution in [0.25, 0.3) is 0 Å². The Labute approximate surface area is 94.7 Å². The average Bonchev–Trinajstić information content (AvgIpc) is 2.88. The van der Waals surface area contributed by atoms with E-state index in [-0.39, 0.29) is 6.10 Å². The van der Waals surface area contributed by atoms with Crippen LogP contribution in [0.15, 0.2) is 0 Å². The number of aromatic nitrogens is 2. The van der Waals surface area contributed by atoms with Crippen molar-refractivity contribution >= 4 is 11.5 Å². The number of nitrogens with zero attached hydrogens (tertiary/aromatic N) is 2. The van der Waals surface area contributed by atoms with Crippen LogP contribution in [-0.2, 0) is 0 Å². The highest BCUT2D eigenvalue weighted by molar-refractivity contribution is 7.05. The molecule has 3 nitrogen and oxygen atoms in total. The van der Waals surface area contributed by atoms with Crippen LogP contribution in [0.5, 0.6) is 0 Å². The predicted molar refractivity (Wildman–Crippen MR) is 60.9 cm³/mol. The Bertz CT molecular complexity index is 320. The zero-order valence-electron chi connectivity index (χ0n) is 9.31. The van der Waals surface area contributed by atoms with Gasteiger partial charge in [-0.05, 0) is 36.2 Å². The molecule has 0 aliphatic heterocycles. The first-order valence-corrected chi connectivity index (χ1v) is 6.46. The summed E-state index contributed by atoms with van der Waals surface area (Å²) in [5, 5.41) is 14.1. The van der Waals surface area contributed by atoms with Crippen molar-refractivity contribution in [2.24, 2.45) is 5.92 Å². The molecule has 0 bridgehead atoms. The van der Waals surface area contributed by atoms with Crippen LogP contribution in [-0.4, -0.2) is 14.7 Å². The molecular formula is C11H18N2OS. The Morgan fingerprint density at radius 2 is 2.20 bits per heavy atom. The summed E-state index contributed by atoms with van der Waals surface area (Å²) in [6, 6.07) is 0. The fraction of sp³-hybridized carbons (Fsp3) is 0.818. The van der Waals surface area contributed by atoms with Crippen LogP contribution in [0.1, 0.15) is 62.1 Å². The van der Waals surface area contributed by atoms with Crippen molar-refractivity contribution in [1.82, 2.24) is 9.59 Å². The van der Waals surface area contributed by atoms with Crippen LogP contribution in [0.3, 0.4) is 0 Å². The lowest BCUT2D eigenvalue weighted by Gasteiger charge is -2.10. The molecule has 1 aromatic heterocycles. The van der Waals surface area contributed by atoms with Crippen LogP contribution < -0.4 is 0 Å². The smallest absolute Gasteiger partial charge is 0.0917 e. The maximum Gasteiger partial charge on any atom is 0.0917 e. The molecular weight excluding hydrogens is 208 g/mol. The minimum Gasteiger partial charge on any atom is -0.387 e. The fourth-order valence-corrected chi connectivity index (χ4v) is 2.59. The van der Waals surface area contributed by atoms with Crippen molar-refractivity contribution in [3.63, 3.8) is 0 Å². The van der Waals surface area contributed by atoms with Gasteiger partial charge in [0.05, 0.1) is 16.7 Å². The summed E-state index contributed by atoms with van der Waals surface area (Å²) in [4.78, 5) is 0.977. The van der Waals surface area contributed by atoms with E-state index < -0.39 is 0 Å². The van der Waals surface area contributed by atoms with Gasteiger partial charge in [0.25, 0.3) is 0 Å². The summed E-state index contributed by atoms with van der Waals surface area (Å²) in [6.07, 6.45) is 4.38. The van der Waals surface area contributed by atoms with Crippen molar-refractivity contribution in [1.29, 1.82) is 0 Å². The average molecular weight is 226 g/mol. The van der Waals surface area contributed by atoms with E-state index in [4.69, 9.17) is 0 Å². The van der Waals surface area contributed by atoms with Crippen LogP contribution in [0, 0.1) is 5.92 Å². The van der Waals surface area contributed by atoms with Gasteiger partial charge in [-0.25, -0.2) is 0 Å². The summed E-state index contributed by atoms with van der Waals surface area (Å²) in [5.41, 5.74) is 0.975. The quantitative estimate of drug-likeness (QED) is 0.839. The SMILES string of the molecule is CC(C)c1nnsc1C(O)CCC1CC1. The van der Waals surface area contributed by atoms with E-state index in [0.29, 0.717) is 5.92 Å². The normalized spacial score (nSPS) is 18.4. The lowest BCUT2D eigenvalue weighted by Crippen LogP contribution is -2.01. The first-order valence-electron chi connectivity index (χ1n) is 5.68. The molecule has 4 heteroatoms. The summed E-state index contributed by atoms with van der Waals surface area (Å²) in [7, 11) is 0. The molecule has 1 heterocycles. The standard InChI is InChI=1S/C11H18N2OS/c1-7(2)10-11(15-13-12-10)9(14)6-5-8-3-4-8/h7-9,14H,3-6H2,1-2H3. The van der Waals surface area contributed by atoms with Crippen LogP contribution in [0.4, 0.5) is 0 Å². The van der Waals surface area contributed by atoms with Gasteiger partial charge in [-0.3, -0.25) is 0 Å². The van der Waals surface area contributed by atoms with Crippen molar-refractivity contribution in [3.8, 4) is 0 Å². The number of aliphatic hydroxyl groups is 1. The molecule has 1 fully saturated rings. The monoisotopic (exact) mass is 226 g/mol. The first-order chi connectivity index (χ1) is 7.18. The summed E-state index contributed by atoms with van der Waals surface area (Å²) >= 11 is 1.35. The van der Waals surface area contributed by atoms with Crippen molar-refractivity contribution < 1.29 is 5.11 Å². The fourth-order valence-electron chi connectivity index (χ4n) is 1.77. The van der Waals surface area contributed by atoms with Gasteiger partial charge in [-0.15, -0.1) is 5.10 Å². The van der Waals surface area contributed by atoms with Gasteiger partial charge in [0.2, 0.25) is 0 Å². The number of rotatable bonds is 5. The molecule has 1 aliphatic rings. The minimum absolute atomic E-state index is 0.344. The Morgan fingerprint density at radius 3 is 2.80 bits per heavy atom. The highest BCUT2D eigenvalue weighted by Gasteiger charge is 2.24. The molecule has 15 heavy (non-hydrogen) atoms. The molecule has 0 spiro atoms. The minimum atomic E-state index is -0.344. The zero-order chi connectivity index (χ0) is 10.8. The van der Waals surface area contributed by atoms with Crippen LogP contribution >= 0.6 is 11.5 Å². The van der Waals surface area contributed by atoms with Gasteiger partial charge in [0.15, 0.2) is 0 Å². The van der Waals surface area contributed by atoms with Crippen molar-refractivity contribution in [2.75, 3.05) is 0 Å². The Hall–Kier alpha value is -0.480. The second-order valence-corrected chi connectivity index (χ2v) is 5.50. The first kappa shape index (κ1) is 11.0. The topological polar surface area (TPSA) is 46.0 Å². The van der Waals surface area contributed by atoms with E-state index in [2.05, 4.69) is 23.4 Å². The van der Waals surface area contributed by atoms with Gasteiger partial charge in [-0.1, -0.05) is 31.2 Å². The molecule has 1 aromatic rings. The highest BCUT2D eigenvalue weighted by Crippen LogP contribution is 2.37. The molecule has 0 amide bonds. The predicted octanol–water partition coefficient (Wildman–Crippen LogP) is 2.89. The van der Waals surface area contributed by atoms with Gasteiger partial charge >= 0.3 is 0 Å². The van der Waals surface area contributed by atoms with Gasteiger partial charge in [0, 0.05) is 0 Å². The third-order valence-corrected chi connectivity index (χ3v) is 3.78. The molecule has 1 N–H and O–H groups in total. The molecule has 2 rings (SSSR count). The number of hydrogen-bond donors (Lipinski definition) is 1. The lowest BCUT2D eigenvalue weighted by molar-refractivity contribution is 0.164. The summed E-state index contributed by atoms with van der Waals surface area (Å²) in [5.74, 6) is 1.23. The molecule has 0 aromatic carbocycles. The molecule has 1 saturated carbocycles. The Morgan fingerprint density at radius 1 is 1.47 bits per heavy atom. The van der Waals surface area contributed by atoms with Crippen molar-refractivity contribution in [2.45, 2.75) is 51.6 Å². The molecule has 0 saturated heterocycles. The number of aliphatic hydroxyl groups excluding tert-OH is 1.